The molecule has 4 N–H and O–H groups in total. The average molecular weight is 708 g/mol. The average Bonchev–Trinajstić information content (AvgIpc) is 3.08. The third-order valence-electron chi connectivity index (χ3n) is 6.45. The molecular weight excluding hydrogens is 673 g/mol. The molecule has 1 heterocycles. The van der Waals surface area contributed by atoms with Gasteiger partial charge < -0.3 is 9.90 Å². The van der Waals surface area contributed by atoms with Gasteiger partial charge in [-0.25, -0.2) is 0 Å². The van der Waals surface area contributed by atoms with Gasteiger partial charge in [0.25, 0.3) is 0 Å². The van der Waals surface area contributed by atoms with Gasteiger partial charge in [0.1, 0.15) is 6.29 Å². The summed E-state index contributed by atoms with van der Waals surface area (Å²) < 4.78 is 23.6. The molecule has 47 heavy (non-hydrogen) atoms. The monoisotopic (exact) mass is 707 g/mol. The minimum absolute atomic E-state index is 0.0521. The van der Waals surface area contributed by atoms with Crippen LogP contribution in [0.25, 0.3) is 5.69 Å². The van der Waals surface area contributed by atoms with E-state index in [9.17, 15) is 33.0 Å². The number of aliphatic carboxylic acids is 1. The Morgan fingerprint density at radius 3 is 2.13 bits per heavy atom. The molecular formula is C33H34AsN3O10. The number of carbonyl (C=O) groups excluding carboxylic acids is 3. The number of carbonyl (C=O) groups is 4. The molecule has 13 nitrogen and oxygen atoms in total. The molecule has 14 heteroatoms. The number of anilines is 1. The minimum Gasteiger partial charge on any atom is -0.481 e. The molecule has 1 unspecified atom stereocenters. The van der Waals surface area contributed by atoms with Crippen LogP contribution in [-0.2, 0) is 43.5 Å². The molecule has 0 bridgehead atoms. The van der Waals surface area contributed by atoms with Gasteiger partial charge in [0.15, 0.2) is 0 Å². The predicted molar refractivity (Wildman–Crippen MR) is 172 cm³/mol. The summed E-state index contributed by atoms with van der Waals surface area (Å²) in [5.41, 5.74) is 4.32. The van der Waals surface area contributed by atoms with Crippen LogP contribution in [0.3, 0.4) is 0 Å². The van der Waals surface area contributed by atoms with E-state index in [0.29, 0.717) is 30.5 Å². The first kappa shape index (κ1) is 36.4. The van der Waals surface area contributed by atoms with Crippen LogP contribution in [-0.4, -0.2) is 53.2 Å². The number of carboxylic acids is 1. The van der Waals surface area contributed by atoms with Crippen LogP contribution in [0.15, 0.2) is 102 Å². The van der Waals surface area contributed by atoms with Gasteiger partial charge in [-0.2, -0.15) is 0 Å². The Morgan fingerprint density at radius 2 is 1.55 bits per heavy atom. The van der Waals surface area contributed by atoms with Crippen LogP contribution in [0, 0.1) is 0 Å². The molecule has 0 aliphatic carbocycles. The van der Waals surface area contributed by atoms with Crippen molar-refractivity contribution in [2.75, 3.05) is 5.32 Å². The fourth-order valence-corrected chi connectivity index (χ4v) is 6.42. The van der Waals surface area contributed by atoms with Gasteiger partial charge >= 0.3 is 222 Å². The zero-order valence-electron chi connectivity index (χ0n) is 25.4. The Bertz CT molecular complexity index is 1780. The Balaban J connectivity index is 0.000000771. The molecule has 4 rings (SSSR count). The van der Waals surface area contributed by atoms with Crippen LogP contribution < -0.4 is 20.7 Å². The van der Waals surface area contributed by atoms with E-state index in [1.54, 1.807) is 18.2 Å². The Hall–Kier alpha value is -5.07. The molecule has 0 saturated carbocycles. The largest absolute Gasteiger partial charge is 0.481 e. The SMILES string of the molecule is CC(=O)NO[As](=O)(OO)c1cccc(-n2c(Cc3ccccc3)ccc(NC(=O)CCc3ccccc3)c2=O)c1.O=CCCC(=O)O. The number of benzene rings is 3. The maximum absolute atomic E-state index is 13.8. The molecule has 0 spiro atoms. The van der Waals surface area contributed by atoms with Crippen molar-refractivity contribution in [2.45, 2.75) is 39.0 Å². The third kappa shape index (κ3) is 11.3. The van der Waals surface area contributed by atoms with E-state index in [-0.39, 0.29) is 35.2 Å². The first-order valence-electron chi connectivity index (χ1n) is 14.3. The summed E-state index contributed by atoms with van der Waals surface area (Å²) in [4.78, 5) is 56.8. The second-order valence-electron chi connectivity index (χ2n) is 10.0. The molecule has 1 atom stereocenters. The zero-order valence-corrected chi connectivity index (χ0v) is 27.3. The standard InChI is InChI=1S/C29H28AsN3O7.C4H6O3/c1-21(34)32-39-30(37,40-38)24-13-8-14-25(20-24)33-26(19-23-11-6-3-7-12-23)16-17-27(29(33)36)31-28(35)18-15-22-9-4-2-5-10-22;5-3-1-2-4(6)7/h2-14,16-17,20,38H,15,18-19H2,1H3,(H,31,35)(H,32,34);3H,1-2H2,(H,6,7). The van der Waals surface area contributed by atoms with Gasteiger partial charge in [-0.3, -0.25) is 4.79 Å². The first-order valence-corrected chi connectivity index (χ1v) is 17.6. The number of hydroxylamine groups is 1. The van der Waals surface area contributed by atoms with E-state index < -0.39 is 31.6 Å². The summed E-state index contributed by atoms with van der Waals surface area (Å²) in [5.74, 6) is -1.89. The third-order valence-corrected chi connectivity index (χ3v) is 9.50. The van der Waals surface area contributed by atoms with Crippen LogP contribution in [0.2, 0.25) is 0 Å². The normalized spacial score (nSPS) is 11.7. The van der Waals surface area contributed by atoms with Gasteiger partial charge in [-0.15, -0.1) is 0 Å². The minimum atomic E-state index is -5.14. The molecule has 0 fully saturated rings. The number of aromatic nitrogens is 1. The topological polar surface area (TPSA) is 190 Å². The van der Waals surface area contributed by atoms with E-state index in [4.69, 9.17) is 8.93 Å². The van der Waals surface area contributed by atoms with E-state index in [0.717, 1.165) is 18.1 Å². The predicted octanol–water partition coefficient (Wildman–Crippen LogP) is 3.18. The molecule has 2 amide bonds. The molecule has 0 radical (unpaired) electrons. The number of nitrogens with one attached hydrogen (secondary N) is 2. The number of amides is 2. The molecule has 246 valence electrons. The fraction of sp³-hybridized carbons (Fsp3) is 0.182. The smallest absolute Gasteiger partial charge is 0.303 e. The number of nitrogens with zero attached hydrogens (tertiary/aromatic N) is 1. The van der Waals surface area contributed by atoms with Crippen molar-refractivity contribution in [3.63, 3.8) is 0 Å². The molecule has 0 saturated heterocycles. The fourth-order valence-electron chi connectivity index (χ4n) is 4.24. The Morgan fingerprint density at radius 1 is 0.894 bits per heavy atom. The van der Waals surface area contributed by atoms with Gasteiger partial charge in [-0.05, 0) is 0 Å². The van der Waals surface area contributed by atoms with Crippen molar-refractivity contribution >= 4 is 48.3 Å². The van der Waals surface area contributed by atoms with E-state index >= 15 is 0 Å². The number of aldehydes is 1. The van der Waals surface area contributed by atoms with Crippen molar-refractivity contribution < 1.29 is 41.0 Å². The number of carboxylic acid groups (broad SMARTS) is 1. The Labute approximate surface area is 273 Å². The zero-order chi connectivity index (χ0) is 34.2. The first-order chi connectivity index (χ1) is 22.6. The summed E-state index contributed by atoms with van der Waals surface area (Å²) in [5, 5.41) is 20.0. The van der Waals surface area contributed by atoms with Crippen LogP contribution >= 0.6 is 0 Å². The summed E-state index contributed by atoms with van der Waals surface area (Å²) in [6, 6.07) is 28.2. The van der Waals surface area contributed by atoms with Gasteiger partial charge in [0, 0.05) is 6.42 Å². The number of rotatable bonds is 14. The maximum Gasteiger partial charge on any atom is 0.303 e. The van der Waals surface area contributed by atoms with E-state index in [2.05, 4.69) is 9.19 Å². The van der Waals surface area contributed by atoms with Gasteiger partial charge in [0.05, 0.1) is 6.42 Å². The molecule has 3 aromatic carbocycles. The molecule has 1 aromatic heterocycles. The Kier molecular flexibility index (Phi) is 14.1. The second-order valence-corrected chi connectivity index (χ2v) is 13.9. The second kappa shape index (κ2) is 18.2. The summed E-state index contributed by atoms with van der Waals surface area (Å²) in [6.45, 7) is 1.14. The van der Waals surface area contributed by atoms with Crippen molar-refractivity contribution in [1.29, 1.82) is 0 Å². The molecule has 0 aliphatic rings. The number of pyridine rings is 1. The van der Waals surface area contributed by atoms with Crippen LogP contribution in [0.4, 0.5) is 5.69 Å². The van der Waals surface area contributed by atoms with Crippen LogP contribution in [0.1, 0.15) is 43.0 Å². The maximum atomic E-state index is 13.8. The quantitative estimate of drug-likeness (QED) is 0.0656. The van der Waals surface area contributed by atoms with Gasteiger partial charge in [0.2, 0.25) is 0 Å². The summed E-state index contributed by atoms with van der Waals surface area (Å²) in [6.07, 6.45) is 1.74. The number of hydrogen-bond donors (Lipinski definition) is 4. The van der Waals surface area contributed by atoms with Crippen molar-refractivity contribution in [3.8, 4) is 5.69 Å². The van der Waals surface area contributed by atoms with Crippen molar-refractivity contribution in [1.82, 2.24) is 10.0 Å². The summed E-state index contributed by atoms with van der Waals surface area (Å²) in [7, 11) is 0. The van der Waals surface area contributed by atoms with Crippen LogP contribution in [0.5, 0.6) is 0 Å². The van der Waals surface area contributed by atoms with E-state index in [1.807, 2.05) is 66.1 Å². The summed E-state index contributed by atoms with van der Waals surface area (Å²) >= 11 is -5.14. The molecule has 4 aromatic rings. The number of aryl methyl sites for hydroxylation is 1. The van der Waals surface area contributed by atoms with Crippen molar-refractivity contribution in [2.24, 2.45) is 0 Å². The molecule has 0 aliphatic heterocycles. The number of hydrogen-bond acceptors (Lipinski definition) is 9. The van der Waals surface area contributed by atoms with Gasteiger partial charge in [-0.1, -0.05) is 18.2 Å². The van der Waals surface area contributed by atoms with Crippen molar-refractivity contribution in [3.05, 3.63) is 124 Å². The van der Waals surface area contributed by atoms with E-state index in [1.165, 1.54) is 22.8 Å².